The van der Waals surface area contributed by atoms with Crippen molar-refractivity contribution < 1.29 is 4.79 Å². The lowest BCUT2D eigenvalue weighted by atomic mass is 10.0. The van der Waals surface area contributed by atoms with Gasteiger partial charge in [-0.1, -0.05) is 39.5 Å². The Morgan fingerprint density at radius 3 is 2.18 bits per heavy atom. The van der Waals surface area contributed by atoms with E-state index in [1.165, 1.54) is 25.7 Å². The lowest BCUT2D eigenvalue weighted by molar-refractivity contribution is 0.203. The fraction of sp³-hybridized carbons (Fsp3) is 0.929. The molecule has 0 radical (unpaired) electrons. The van der Waals surface area contributed by atoms with Crippen LogP contribution in [0.4, 0.5) is 4.79 Å². The summed E-state index contributed by atoms with van der Waals surface area (Å²) in [6.45, 7) is 10.9. The lowest BCUT2D eigenvalue weighted by Gasteiger charge is -2.19. The number of hydrogen-bond acceptors (Lipinski definition) is 1. The van der Waals surface area contributed by atoms with Gasteiger partial charge in [-0.3, -0.25) is 0 Å². The molecule has 0 aromatic heterocycles. The number of urea groups is 1. The SMILES string of the molecule is CCN(CC)C(=O)NCCCCCCC(C)C. The quantitative estimate of drug-likeness (QED) is 0.615. The fourth-order valence-corrected chi connectivity index (χ4v) is 1.85. The molecule has 17 heavy (non-hydrogen) atoms. The number of carbonyl (C=O) groups is 1. The predicted molar refractivity (Wildman–Crippen MR) is 74.2 cm³/mol. The van der Waals surface area contributed by atoms with Crippen LogP contribution in [0.3, 0.4) is 0 Å². The molecule has 1 N–H and O–H groups in total. The minimum Gasteiger partial charge on any atom is -0.338 e. The van der Waals surface area contributed by atoms with Crippen LogP contribution in [0, 0.1) is 5.92 Å². The Labute approximate surface area is 107 Å². The van der Waals surface area contributed by atoms with Crippen LogP contribution in [0.2, 0.25) is 0 Å². The molecule has 0 aliphatic rings. The number of carbonyl (C=O) groups excluding carboxylic acids is 1. The van der Waals surface area contributed by atoms with Gasteiger partial charge in [-0.2, -0.15) is 0 Å². The number of nitrogens with zero attached hydrogens (tertiary/aromatic N) is 1. The molecule has 0 unspecified atom stereocenters. The zero-order valence-corrected chi connectivity index (χ0v) is 12.1. The van der Waals surface area contributed by atoms with Gasteiger partial charge in [0.2, 0.25) is 0 Å². The molecule has 3 heteroatoms. The summed E-state index contributed by atoms with van der Waals surface area (Å²) in [4.78, 5) is 13.4. The van der Waals surface area contributed by atoms with E-state index in [4.69, 9.17) is 0 Å². The van der Waals surface area contributed by atoms with Gasteiger partial charge in [0.05, 0.1) is 0 Å². The third-order valence-corrected chi connectivity index (χ3v) is 3.04. The second kappa shape index (κ2) is 10.4. The van der Waals surface area contributed by atoms with E-state index >= 15 is 0 Å². The van der Waals surface area contributed by atoms with Crippen LogP contribution >= 0.6 is 0 Å². The summed E-state index contributed by atoms with van der Waals surface area (Å²) in [6, 6.07) is 0.0807. The third kappa shape index (κ3) is 9.02. The Morgan fingerprint density at radius 2 is 1.65 bits per heavy atom. The molecule has 0 saturated heterocycles. The molecule has 0 fully saturated rings. The van der Waals surface area contributed by atoms with Gasteiger partial charge >= 0.3 is 6.03 Å². The van der Waals surface area contributed by atoms with E-state index in [1.54, 1.807) is 0 Å². The number of amides is 2. The first kappa shape index (κ1) is 16.3. The molecule has 0 aromatic carbocycles. The molecule has 0 saturated carbocycles. The van der Waals surface area contributed by atoms with Crippen molar-refractivity contribution in [2.45, 2.75) is 59.8 Å². The first-order valence-electron chi connectivity index (χ1n) is 7.14. The van der Waals surface area contributed by atoms with Crippen LogP contribution < -0.4 is 5.32 Å². The van der Waals surface area contributed by atoms with Crippen LogP contribution in [0.1, 0.15) is 59.8 Å². The van der Waals surface area contributed by atoms with Gasteiger partial charge in [0, 0.05) is 19.6 Å². The fourth-order valence-electron chi connectivity index (χ4n) is 1.85. The minimum absolute atomic E-state index is 0.0807. The molecule has 0 spiro atoms. The highest BCUT2D eigenvalue weighted by Crippen LogP contribution is 2.08. The highest BCUT2D eigenvalue weighted by Gasteiger charge is 2.06. The van der Waals surface area contributed by atoms with E-state index in [0.717, 1.165) is 32.0 Å². The Balaban J connectivity index is 3.36. The maximum atomic E-state index is 11.6. The standard InChI is InChI=1S/C14H30N2O/c1-5-16(6-2)14(17)15-12-10-8-7-9-11-13(3)4/h13H,5-12H2,1-4H3,(H,15,17). The van der Waals surface area contributed by atoms with Crippen molar-refractivity contribution in [3.05, 3.63) is 0 Å². The molecule has 3 nitrogen and oxygen atoms in total. The van der Waals surface area contributed by atoms with Crippen molar-refractivity contribution in [2.75, 3.05) is 19.6 Å². The summed E-state index contributed by atoms with van der Waals surface area (Å²) >= 11 is 0. The molecule has 0 aliphatic carbocycles. The Bertz CT molecular complexity index is 189. The van der Waals surface area contributed by atoms with Crippen LogP contribution in [-0.4, -0.2) is 30.6 Å². The monoisotopic (exact) mass is 242 g/mol. The summed E-state index contributed by atoms with van der Waals surface area (Å²) in [5.41, 5.74) is 0. The molecule has 0 aliphatic heterocycles. The van der Waals surface area contributed by atoms with Crippen molar-refractivity contribution >= 4 is 6.03 Å². The summed E-state index contributed by atoms with van der Waals surface area (Å²) in [7, 11) is 0. The maximum Gasteiger partial charge on any atom is 0.317 e. The summed E-state index contributed by atoms with van der Waals surface area (Å²) in [6.07, 6.45) is 6.27. The average Bonchev–Trinajstić information content (AvgIpc) is 2.29. The zero-order valence-electron chi connectivity index (χ0n) is 12.1. The largest absolute Gasteiger partial charge is 0.338 e. The van der Waals surface area contributed by atoms with E-state index < -0.39 is 0 Å². The van der Waals surface area contributed by atoms with Crippen molar-refractivity contribution in [1.29, 1.82) is 0 Å². The number of nitrogens with one attached hydrogen (secondary N) is 1. The lowest BCUT2D eigenvalue weighted by Crippen LogP contribution is -2.40. The Kier molecular flexibility index (Phi) is 9.98. The first-order valence-corrected chi connectivity index (χ1v) is 7.14. The van der Waals surface area contributed by atoms with Crippen LogP contribution in [-0.2, 0) is 0 Å². The molecule has 0 aromatic rings. The average molecular weight is 242 g/mol. The summed E-state index contributed by atoms with van der Waals surface area (Å²) in [5, 5.41) is 2.97. The topological polar surface area (TPSA) is 32.3 Å². The molecule has 0 heterocycles. The number of unbranched alkanes of at least 4 members (excludes halogenated alkanes) is 3. The highest BCUT2D eigenvalue weighted by molar-refractivity contribution is 5.73. The second-order valence-electron chi connectivity index (χ2n) is 5.00. The van der Waals surface area contributed by atoms with E-state index in [9.17, 15) is 4.79 Å². The van der Waals surface area contributed by atoms with Gasteiger partial charge in [-0.15, -0.1) is 0 Å². The summed E-state index contributed by atoms with van der Waals surface area (Å²) < 4.78 is 0. The minimum atomic E-state index is 0.0807. The highest BCUT2D eigenvalue weighted by atomic mass is 16.2. The molecule has 0 bridgehead atoms. The molecule has 102 valence electrons. The van der Waals surface area contributed by atoms with E-state index in [2.05, 4.69) is 19.2 Å². The molecular weight excluding hydrogens is 212 g/mol. The van der Waals surface area contributed by atoms with Crippen molar-refractivity contribution in [3.8, 4) is 0 Å². The van der Waals surface area contributed by atoms with E-state index in [-0.39, 0.29) is 6.03 Å². The normalized spacial score (nSPS) is 10.6. The molecule has 2 amide bonds. The van der Waals surface area contributed by atoms with E-state index in [1.807, 2.05) is 18.7 Å². The number of rotatable bonds is 9. The first-order chi connectivity index (χ1) is 8.11. The van der Waals surface area contributed by atoms with Crippen LogP contribution in [0.5, 0.6) is 0 Å². The van der Waals surface area contributed by atoms with Gasteiger partial charge in [0.1, 0.15) is 0 Å². The van der Waals surface area contributed by atoms with Crippen molar-refractivity contribution in [2.24, 2.45) is 5.92 Å². The van der Waals surface area contributed by atoms with Crippen molar-refractivity contribution in [3.63, 3.8) is 0 Å². The smallest absolute Gasteiger partial charge is 0.317 e. The van der Waals surface area contributed by atoms with Gasteiger partial charge in [-0.25, -0.2) is 4.79 Å². The predicted octanol–water partition coefficient (Wildman–Crippen LogP) is 3.64. The van der Waals surface area contributed by atoms with Gasteiger partial charge in [0.25, 0.3) is 0 Å². The summed E-state index contributed by atoms with van der Waals surface area (Å²) in [5.74, 6) is 0.817. The van der Waals surface area contributed by atoms with Gasteiger partial charge in [0.15, 0.2) is 0 Å². The van der Waals surface area contributed by atoms with Crippen molar-refractivity contribution in [1.82, 2.24) is 10.2 Å². The van der Waals surface area contributed by atoms with Crippen LogP contribution in [0.25, 0.3) is 0 Å². The maximum absolute atomic E-state index is 11.6. The Hall–Kier alpha value is -0.730. The molecular formula is C14H30N2O. The van der Waals surface area contributed by atoms with Gasteiger partial charge in [-0.05, 0) is 26.2 Å². The van der Waals surface area contributed by atoms with Gasteiger partial charge < -0.3 is 10.2 Å². The molecule has 0 rings (SSSR count). The van der Waals surface area contributed by atoms with E-state index in [0.29, 0.717) is 0 Å². The zero-order chi connectivity index (χ0) is 13.1. The Morgan fingerprint density at radius 1 is 1.06 bits per heavy atom. The third-order valence-electron chi connectivity index (χ3n) is 3.04. The van der Waals surface area contributed by atoms with Crippen LogP contribution in [0.15, 0.2) is 0 Å². The molecule has 0 atom stereocenters. The number of hydrogen-bond donors (Lipinski definition) is 1. The second-order valence-corrected chi connectivity index (χ2v) is 5.00.